The smallest absolute Gasteiger partial charge is 0.261 e. The molecule has 0 unspecified atom stereocenters. The first kappa shape index (κ1) is 11.8. The van der Waals surface area contributed by atoms with Crippen molar-refractivity contribution in [2.75, 3.05) is 32.8 Å². The molecule has 5 heteroatoms. The summed E-state index contributed by atoms with van der Waals surface area (Å²) >= 11 is 0. The van der Waals surface area contributed by atoms with Crippen LogP contribution >= 0.6 is 0 Å². The number of halogens is 2. The number of hydrogen-bond acceptors (Lipinski definition) is 3. The summed E-state index contributed by atoms with van der Waals surface area (Å²) < 4.78 is 28.2. The molecule has 1 rings (SSSR count). The van der Waals surface area contributed by atoms with Gasteiger partial charge in [-0.3, -0.25) is 0 Å². The fraction of sp³-hybridized carbons (Fsp3) is 1.00. The molecule has 1 aliphatic heterocycles. The van der Waals surface area contributed by atoms with Crippen LogP contribution in [0.1, 0.15) is 12.8 Å². The lowest BCUT2D eigenvalue weighted by molar-refractivity contribution is 0.00798. The summed E-state index contributed by atoms with van der Waals surface area (Å²) in [5.41, 5.74) is 5.73. The molecule has 1 heterocycles. The maximum atomic E-state index is 11.7. The van der Waals surface area contributed by atoms with Gasteiger partial charge in [0.1, 0.15) is 6.61 Å². The van der Waals surface area contributed by atoms with Gasteiger partial charge < -0.3 is 15.4 Å². The zero-order chi connectivity index (χ0) is 10.4. The fourth-order valence-electron chi connectivity index (χ4n) is 1.54. The van der Waals surface area contributed by atoms with Crippen LogP contribution in [0.3, 0.4) is 0 Å². The summed E-state index contributed by atoms with van der Waals surface area (Å²) in [4.78, 5) is 2.20. The Morgan fingerprint density at radius 1 is 1.36 bits per heavy atom. The second kappa shape index (κ2) is 6.27. The van der Waals surface area contributed by atoms with Crippen molar-refractivity contribution in [3.8, 4) is 0 Å². The van der Waals surface area contributed by atoms with Crippen LogP contribution in [-0.2, 0) is 4.74 Å². The summed E-state index contributed by atoms with van der Waals surface area (Å²) in [5.74, 6) is 0. The lowest BCUT2D eigenvalue weighted by Crippen LogP contribution is -2.41. The van der Waals surface area contributed by atoms with Crippen molar-refractivity contribution < 1.29 is 13.5 Å². The lowest BCUT2D eigenvalue weighted by atomic mass is 10.1. The van der Waals surface area contributed by atoms with E-state index in [1.54, 1.807) is 0 Å². The van der Waals surface area contributed by atoms with Crippen molar-refractivity contribution in [2.45, 2.75) is 25.3 Å². The first-order valence-electron chi connectivity index (χ1n) is 5.02. The Balaban J connectivity index is 1.96. The van der Waals surface area contributed by atoms with Crippen molar-refractivity contribution >= 4 is 0 Å². The van der Waals surface area contributed by atoms with Crippen LogP contribution in [-0.4, -0.2) is 50.2 Å². The molecule has 1 fully saturated rings. The highest BCUT2D eigenvalue weighted by molar-refractivity contribution is 4.73. The van der Waals surface area contributed by atoms with Gasteiger partial charge in [0.15, 0.2) is 0 Å². The highest BCUT2D eigenvalue weighted by Gasteiger charge is 2.15. The highest BCUT2D eigenvalue weighted by Crippen LogP contribution is 2.07. The van der Waals surface area contributed by atoms with Gasteiger partial charge in [-0.15, -0.1) is 0 Å². The van der Waals surface area contributed by atoms with E-state index in [2.05, 4.69) is 4.90 Å². The number of ether oxygens (including phenoxy) is 1. The minimum Gasteiger partial charge on any atom is -0.374 e. The molecule has 1 aliphatic rings. The molecule has 0 spiro atoms. The first-order valence-corrected chi connectivity index (χ1v) is 5.02. The van der Waals surface area contributed by atoms with Crippen LogP contribution in [0.5, 0.6) is 0 Å². The second-order valence-corrected chi connectivity index (χ2v) is 3.65. The van der Waals surface area contributed by atoms with Crippen molar-refractivity contribution in [1.82, 2.24) is 4.90 Å². The van der Waals surface area contributed by atoms with E-state index >= 15 is 0 Å². The summed E-state index contributed by atoms with van der Waals surface area (Å²) in [5, 5.41) is 0. The van der Waals surface area contributed by atoms with Crippen molar-refractivity contribution in [3.05, 3.63) is 0 Å². The minimum absolute atomic E-state index is 0.313. The third-order valence-corrected chi connectivity index (χ3v) is 2.43. The van der Waals surface area contributed by atoms with E-state index in [1.165, 1.54) is 0 Å². The Morgan fingerprint density at radius 2 is 2.00 bits per heavy atom. The van der Waals surface area contributed by atoms with E-state index in [0.717, 1.165) is 32.5 Å². The van der Waals surface area contributed by atoms with Gasteiger partial charge in [0.05, 0.1) is 6.61 Å². The third kappa shape index (κ3) is 4.83. The van der Waals surface area contributed by atoms with Crippen molar-refractivity contribution in [1.29, 1.82) is 0 Å². The Bertz CT molecular complexity index is 150. The number of likely N-dealkylation sites (tertiary alicyclic amines) is 1. The van der Waals surface area contributed by atoms with E-state index in [9.17, 15) is 8.78 Å². The first-order chi connectivity index (χ1) is 6.68. The molecule has 84 valence electrons. The van der Waals surface area contributed by atoms with Crippen molar-refractivity contribution in [2.24, 2.45) is 5.73 Å². The van der Waals surface area contributed by atoms with E-state index in [1.807, 2.05) is 0 Å². The van der Waals surface area contributed by atoms with Crippen LogP contribution < -0.4 is 5.73 Å². The standard InChI is InChI=1S/C9H18F2N2O/c10-9(11)7-14-6-5-13-3-1-8(12)2-4-13/h8-9H,1-7,12H2. The number of nitrogens with zero attached hydrogens (tertiary/aromatic N) is 1. The molecule has 2 N–H and O–H groups in total. The molecule has 0 aromatic carbocycles. The van der Waals surface area contributed by atoms with Gasteiger partial charge >= 0.3 is 0 Å². The van der Waals surface area contributed by atoms with Gasteiger partial charge in [-0.2, -0.15) is 0 Å². The molecule has 0 amide bonds. The van der Waals surface area contributed by atoms with Gasteiger partial charge in [-0.05, 0) is 25.9 Å². The summed E-state index contributed by atoms with van der Waals surface area (Å²) in [6.45, 7) is 2.59. The lowest BCUT2D eigenvalue weighted by Gasteiger charge is -2.29. The van der Waals surface area contributed by atoms with Crippen molar-refractivity contribution in [3.63, 3.8) is 0 Å². The van der Waals surface area contributed by atoms with Gasteiger partial charge in [0.2, 0.25) is 0 Å². The summed E-state index contributed by atoms with van der Waals surface area (Å²) in [6.07, 6.45) is -0.367. The largest absolute Gasteiger partial charge is 0.374 e. The van der Waals surface area contributed by atoms with Crippen LogP contribution in [0.2, 0.25) is 0 Å². The molecule has 0 aliphatic carbocycles. The molecule has 0 atom stereocenters. The average molecular weight is 208 g/mol. The summed E-state index contributed by atoms with van der Waals surface area (Å²) in [7, 11) is 0. The minimum atomic E-state index is -2.36. The van der Waals surface area contributed by atoms with Gasteiger partial charge in [-0.1, -0.05) is 0 Å². The maximum absolute atomic E-state index is 11.7. The number of piperidine rings is 1. The third-order valence-electron chi connectivity index (χ3n) is 2.43. The molecular formula is C9H18F2N2O. The van der Waals surface area contributed by atoms with Crippen LogP contribution in [0.15, 0.2) is 0 Å². The predicted octanol–water partition coefficient (Wildman–Crippen LogP) is 0.691. The SMILES string of the molecule is NC1CCN(CCOCC(F)F)CC1. The van der Waals surface area contributed by atoms with Gasteiger partial charge in [0.25, 0.3) is 6.43 Å². The second-order valence-electron chi connectivity index (χ2n) is 3.65. The molecule has 1 saturated heterocycles. The number of hydrogen-bond donors (Lipinski definition) is 1. The zero-order valence-corrected chi connectivity index (χ0v) is 8.29. The van der Waals surface area contributed by atoms with E-state index < -0.39 is 13.0 Å². The Hall–Kier alpha value is -0.260. The van der Waals surface area contributed by atoms with Crippen LogP contribution in [0, 0.1) is 0 Å². The number of nitrogens with two attached hydrogens (primary N) is 1. The Kier molecular flexibility index (Phi) is 5.29. The van der Waals surface area contributed by atoms with Crippen LogP contribution in [0.25, 0.3) is 0 Å². The molecule has 0 bridgehead atoms. The normalized spacial score (nSPS) is 20.6. The predicted molar refractivity (Wildman–Crippen MR) is 50.5 cm³/mol. The van der Waals surface area contributed by atoms with Gasteiger partial charge in [0, 0.05) is 12.6 Å². The Labute approximate surface area is 83.2 Å². The molecule has 0 aromatic heterocycles. The zero-order valence-electron chi connectivity index (χ0n) is 8.29. The Morgan fingerprint density at radius 3 is 2.57 bits per heavy atom. The highest BCUT2D eigenvalue weighted by atomic mass is 19.3. The maximum Gasteiger partial charge on any atom is 0.261 e. The topological polar surface area (TPSA) is 38.5 Å². The molecule has 0 saturated carbocycles. The monoisotopic (exact) mass is 208 g/mol. The molecule has 0 radical (unpaired) electrons. The van der Waals surface area contributed by atoms with E-state index in [0.29, 0.717) is 12.6 Å². The van der Waals surface area contributed by atoms with Crippen LogP contribution in [0.4, 0.5) is 8.78 Å². The molecule has 0 aromatic rings. The number of rotatable bonds is 5. The summed E-state index contributed by atoms with van der Waals surface area (Å²) in [6, 6.07) is 0.313. The molecule has 14 heavy (non-hydrogen) atoms. The van der Waals surface area contributed by atoms with E-state index in [-0.39, 0.29) is 0 Å². The van der Waals surface area contributed by atoms with Gasteiger partial charge in [-0.25, -0.2) is 8.78 Å². The molecule has 3 nitrogen and oxygen atoms in total. The fourth-order valence-corrected chi connectivity index (χ4v) is 1.54. The quantitative estimate of drug-likeness (QED) is 0.676. The van der Waals surface area contributed by atoms with E-state index in [4.69, 9.17) is 10.5 Å². The average Bonchev–Trinajstić information content (AvgIpc) is 2.15. The number of alkyl halides is 2. The molecular weight excluding hydrogens is 190 g/mol.